The van der Waals surface area contributed by atoms with Crippen LogP contribution in [0.5, 0.6) is 0 Å². The summed E-state index contributed by atoms with van der Waals surface area (Å²) in [6, 6.07) is 0.243. The lowest BCUT2D eigenvalue weighted by molar-refractivity contribution is -0.0761. The Morgan fingerprint density at radius 2 is 1.73 bits per heavy atom. The average molecular weight is 216 g/mol. The summed E-state index contributed by atoms with van der Waals surface area (Å²) >= 11 is 0. The SMILES string of the molecule is CCOC(CC)(CC)C(CC(C)C)NN. The van der Waals surface area contributed by atoms with Crippen LogP contribution in [0.25, 0.3) is 0 Å². The summed E-state index contributed by atoms with van der Waals surface area (Å²) in [6.45, 7) is 11.6. The molecule has 0 fully saturated rings. The second-order valence-electron chi connectivity index (χ2n) is 4.55. The van der Waals surface area contributed by atoms with Crippen molar-refractivity contribution in [1.29, 1.82) is 0 Å². The highest BCUT2D eigenvalue weighted by atomic mass is 16.5. The minimum atomic E-state index is -0.103. The molecule has 3 N–H and O–H groups in total. The lowest BCUT2D eigenvalue weighted by Gasteiger charge is -2.39. The number of nitrogens with one attached hydrogen (secondary N) is 1. The van der Waals surface area contributed by atoms with Gasteiger partial charge < -0.3 is 4.74 Å². The normalized spacial score (nSPS) is 14.6. The van der Waals surface area contributed by atoms with Crippen LogP contribution in [0.1, 0.15) is 53.9 Å². The van der Waals surface area contributed by atoms with Crippen molar-refractivity contribution in [1.82, 2.24) is 5.43 Å². The summed E-state index contributed by atoms with van der Waals surface area (Å²) in [7, 11) is 0. The van der Waals surface area contributed by atoms with Gasteiger partial charge in [0.1, 0.15) is 0 Å². The molecule has 0 spiro atoms. The van der Waals surface area contributed by atoms with E-state index in [2.05, 4.69) is 33.1 Å². The maximum absolute atomic E-state index is 5.94. The van der Waals surface area contributed by atoms with Crippen LogP contribution >= 0.6 is 0 Å². The van der Waals surface area contributed by atoms with Crippen molar-refractivity contribution < 1.29 is 4.74 Å². The average Bonchev–Trinajstić information content (AvgIpc) is 2.23. The number of ether oxygens (including phenoxy) is 1. The third kappa shape index (κ3) is 4.09. The molecule has 0 bridgehead atoms. The van der Waals surface area contributed by atoms with E-state index in [1.54, 1.807) is 0 Å². The first kappa shape index (κ1) is 14.9. The van der Waals surface area contributed by atoms with Crippen molar-refractivity contribution >= 4 is 0 Å². The Balaban J connectivity index is 4.66. The van der Waals surface area contributed by atoms with Crippen LogP contribution in [0.15, 0.2) is 0 Å². The Kier molecular flexibility index (Phi) is 7.14. The van der Waals surface area contributed by atoms with E-state index >= 15 is 0 Å². The number of rotatable bonds is 8. The van der Waals surface area contributed by atoms with E-state index in [0.29, 0.717) is 5.92 Å². The van der Waals surface area contributed by atoms with Crippen molar-refractivity contribution in [2.45, 2.75) is 65.5 Å². The summed E-state index contributed by atoms with van der Waals surface area (Å²) < 4.78 is 5.94. The smallest absolute Gasteiger partial charge is 0.0842 e. The van der Waals surface area contributed by atoms with Crippen LogP contribution in [-0.4, -0.2) is 18.2 Å². The molecule has 0 aliphatic rings. The number of nitrogens with two attached hydrogens (primary N) is 1. The largest absolute Gasteiger partial charge is 0.374 e. The summed E-state index contributed by atoms with van der Waals surface area (Å²) in [5.41, 5.74) is 2.83. The first-order valence-corrected chi connectivity index (χ1v) is 6.16. The predicted octanol–water partition coefficient (Wildman–Crippen LogP) is 2.46. The lowest BCUT2D eigenvalue weighted by Crippen LogP contribution is -2.55. The maximum Gasteiger partial charge on any atom is 0.0842 e. The number of hydrogen-bond donors (Lipinski definition) is 2. The molecule has 15 heavy (non-hydrogen) atoms. The summed E-state index contributed by atoms with van der Waals surface area (Å²) in [4.78, 5) is 0. The fourth-order valence-corrected chi connectivity index (χ4v) is 2.24. The Bertz CT molecular complexity index is 156. The molecule has 0 amide bonds. The van der Waals surface area contributed by atoms with Crippen LogP contribution in [0.3, 0.4) is 0 Å². The lowest BCUT2D eigenvalue weighted by atomic mass is 9.84. The van der Waals surface area contributed by atoms with Gasteiger partial charge in [-0.05, 0) is 32.1 Å². The van der Waals surface area contributed by atoms with Gasteiger partial charge in [-0.3, -0.25) is 11.3 Å². The number of hydrogen-bond acceptors (Lipinski definition) is 3. The second-order valence-corrected chi connectivity index (χ2v) is 4.55. The molecule has 1 atom stereocenters. The van der Waals surface area contributed by atoms with E-state index in [1.807, 2.05) is 6.92 Å². The van der Waals surface area contributed by atoms with Gasteiger partial charge in [0.2, 0.25) is 0 Å². The van der Waals surface area contributed by atoms with Gasteiger partial charge in [0.25, 0.3) is 0 Å². The molecule has 0 rings (SSSR count). The van der Waals surface area contributed by atoms with E-state index in [1.165, 1.54) is 0 Å². The van der Waals surface area contributed by atoms with Gasteiger partial charge in [0, 0.05) is 6.61 Å². The van der Waals surface area contributed by atoms with Crippen molar-refractivity contribution in [2.75, 3.05) is 6.61 Å². The molecule has 3 heteroatoms. The summed E-state index contributed by atoms with van der Waals surface area (Å²) in [5.74, 6) is 6.29. The quantitative estimate of drug-likeness (QED) is 0.484. The molecule has 0 aliphatic carbocycles. The van der Waals surface area contributed by atoms with Crippen LogP contribution < -0.4 is 11.3 Å². The molecule has 0 aromatic rings. The second kappa shape index (κ2) is 7.20. The van der Waals surface area contributed by atoms with Crippen molar-refractivity contribution in [3.8, 4) is 0 Å². The molecule has 0 radical (unpaired) electrons. The molecule has 92 valence electrons. The molecule has 3 nitrogen and oxygen atoms in total. The predicted molar refractivity (Wildman–Crippen MR) is 65.5 cm³/mol. The molecule has 1 unspecified atom stereocenters. The van der Waals surface area contributed by atoms with Gasteiger partial charge >= 0.3 is 0 Å². The molecule has 0 saturated heterocycles. The fourth-order valence-electron chi connectivity index (χ4n) is 2.24. The zero-order chi connectivity index (χ0) is 11.9. The van der Waals surface area contributed by atoms with Gasteiger partial charge in [-0.2, -0.15) is 0 Å². The molecule has 0 aromatic heterocycles. The zero-order valence-corrected chi connectivity index (χ0v) is 11.0. The van der Waals surface area contributed by atoms with E-state index in [0.717, 1.165) is 25.9 Å². The summed E-state index contributed by atoms with van der Waals surface area (Å²) in [5, 5.41) is 0. The monoisotopic (exact) mass is 216 g/mol. The minimum Gasteiger partial charge on any atom is -0.374 e. The zero-order valence-electron chi connectivity index (χ0n) is 11.0. The highest BCUT2D eigenvalue weighted by Gasteiger charge is 2.35. The third-order valence-corrected chi connectivity index (χ3v) is 3.17. The van der Waals surface area contributed by atoms with Crippen molar-refractivity contribution in [2.24, 2.45) is 11.8 Å². The molecule has 0 heterocycles. The standard InChI is InChI=1S/C12H28N2O/c1-6-12(7-2,15-8-3)11(14-13)9-10(4)5/h10-11,14H,6-9,13H2,1-5H3. The third-order valence-electron chi connectivity index (χ3n) is 3.17. The van der Waals surface area contributed by atoms with Crippen molar-refractivity contribution in [3.05, 3.63) is 0 Å². The molecule has 0 saturated carbocycles. The molecule has 0 aliphatic heterocycles. The van der Waals surface area contributed by atoms with E-state index in [4.69, 9.17) is 10.6 Å². The van der Waals surface area contributed by atoms with Crippen LogP contribution in [0, 0.1) is 5.92 Å². The van der Waals surface area contributed by atoms with E-state index < -0.39 is 0 Å². The van der Waals surface area contributed by atoms with Gasteiger partial charge in [0.05, 0.1) is 11.6 Å². The molecular weight excluding hydrogens is 188 g/mol. The Labute approximate surface area is 94.7 Å². The Hall–Kier alpha value is -0.120. The summed E-state index contributed by atoms with van der Waals surface area (Å²) in [6.07, 6.45) is 3.05. The van der Waals surface area contributed by atoms with E-state index in [9.17, 15) is 0 Å². The van der Waals surface area contributed by atoms with Crippen LogP contribution in [0.4, 0.5) is 0 Å². The minimum absolute atomic E-state index is 0.103. The van der Waals surface area contributed by atoms with E-state index in [-0.39, 0.29) is 11.6 Å². The van der Waals surface area contributed by atoms with Crippen LogP contribution in [0.2, 0.25) is 0 Å². The molecular formula is C12H28N2O. The van der Waals surface area contributed by atoms with Gasteiger partial charge in [-0.25, -0.2) is 0 Å². The first-order chi connectivity index (χ1) is 7.06. The maximum atomic E-state index is 5.94. The van der Waals surface area contributed by atoms with Gasteiger partial charge in [-0.1, -0.05) is 27.7 Å². The molecule has 0 aromatic carbocycles. The topological polar surface area (TPSA) is 47.3 Å². The van der Waals surface area contributed by atoms with Crippen molar-refractivity contribution in [3.63, 3.8) is 0 Å². The van der Waals surface area contributed by atoms with Crippen LogP contribution in [-0.2, 0) is 4.74 Å². The van der Waals surface area contributed by atoms with Gasteiger partial charge in [-0.15, -0.1) is 0 Å². The van der Waals surface area contributed by atoms with Gasteiger partial charge in [0.15, 0.2) is 0 Å². The number of hydrazine groups is 1. The highest BCUT2D eigenvalue weighted by Crippen LogP contribution is 2.28. The highest BCUT2D eigenvalue weighted by molar-refractivity contribution is 4.90. The Morgan fingerprint density at radius 3 is 2.00 bits per heavy atom. The fraction of sp³-hybridized carbons (Fsp3) is 1.00. The Morgan fingerprint density at radius 1 is 1.20 bits per heavy atom. The first-order valence-electron chi connectivity index (χ1n) is 6.16.